The maximum absolute atomic E-state index is 12.0. The molecule has 0 saturated carbocycles. The minimum Gasteiger partial charge on any atom is -0.380 e. The molecule has 1 fully saturated rings. The fraction of sp³-hybridized carbons (Fsp3) is 0.846. The first-order chi connectivity index (χ1) is 9.06. The first-order valence-corrected chi connectivity index (χ1v) is 6.94. The summed E-state index contributed by atoms with van der Waals surface area (Å²) in [5.41, 5.74) is 0. The van der Waals surface area contributed by atoms with Crippen LogP contribution in [0.1, 0.15) is 20.8 Å². The van der Waals surface area contributed by atoms with Gasteiger partial charge in [-0.25, -0.2) is 0 Å². The van der Waals surface area contributed by atoms with Gasteiger partial charge in [0.15, 0.2) is 0 Å². The average molecular weight is 271 g/mol. The quantitative estimate of drug-likeness (QED) is 0.667. The highest BCUT2D eigenvalue weighted by Gasteiger charge is 2.26. The van der Waals surface area contributed by atoms with Gasteiger partial charge < -0.3 is 20.3 Å². The van der Waals surface area contributed by atoms with Crippen LogP contribution in [-0.4, -0.2) is 62.1 Å². The van der Waals surface area contributed by atoms with E-state index in [-0.39, 0.29) is 12.0 Å². The van der Waals surface area contributed by atoms with Crippen molar-refractivity contribution in [3.8, 4) is 0 Å². The Kier molecular flexibility index (Phi) is 6.80. The number of hydrogen-bond acceptors (Lipinski definition) is 4. The fourth-order valence-electron chi connectivity index (χ4n) is 1.89. The van der Waals surface area contributed by atoms with Crippen LogP contribution in [0, 0.1) is 5.92 Å². The van der Waals surface area contributed by atoms with E-state index < -0.39 is 11.8 Å². The number of carbonyl (C=O) groups is 2. The number of hydrogen-bond donors (Lipinski definition) is 2. The highest BCUT2D eigenvalue weighted by atomic mass is 16.5. The van der Waals surface area contributed by atoms with Crippen molar-refractivity contribution in [3.63, 3.8) is 0 Å². The molecule has 1 rings (SSSR count). The van der Waals surface area contributed by atoms with E-state index >= 15 is 0 Å². The van der Waals surface area contributed by atoms with Gasteiger partial charge in [0.25, 0.3) is 0 Å². The number of carbonyl (C=O) groups excluding carboxylic acids is 2. The number of amides is 2. The van der Waals surface area contributed by atoms with Gasteiger partial charge in [-0.15, -0.1) is 0 Å². The molecule has 110 valence electrons. The minimum absolute atomic E-state index is 0.126. The van der Waals surface area contributed by atoms with E-state index in [9.17, 15) is 9.59 Å². The summed E-state index contributed by atoms with van der Waals surface area (Å²) in [5, 5.41) is 5.92. The summed E-state index contributed by atoms with van der Waals surface area (Å²) in [4.78, 5) is 25.5. The first kappa shape index (κ1) is 15.9. The lowest BCUT2D eigenvalue weighted by atomic mass is 10.1. The molecule has 2 N–H and O–H groups in total. The highest BCUT2D eigenvalue weighted by Crippen LogP contribution is 2.03. The first-order valence-electron chi connectivity index (χ1n) is 6.94. The van der Waals surface area contributed by atoms with Gasteiger partial charge in [0, 0.05) is 32.8 Å². The normalized spacial score (nSPS) is 17.4. The maximum atomic E-state index is 12.0. The molecule has 19 heavy (non-hydrogen) atoms. The molecule has 0 aromatic rings. The molecular weight excluding hydrogens is 246 g/mol. The lowest BCUT2D eigenvalue weighted by molar-refractivity contribution is -0.147. The fourth-order valence-corrected chi connectivity index (χ4v) is 1.89. The van der Waals surface area contributed by atoms with Crippen molar-refractivity contribution < 1.29 is 14.3 Å². The molecule has 6 nitrogen and oxygen atoms in total. The van der Waals surface area contributed by atoms with Crippen molar-refractivity contribution in [1.82, 2.24) is 15.5 Å². The summed E-state index contributed by atoms with van der Waals surface area (Å²) in [6.07, 6.45) is 0. The Morgan fingerprint density at radius 2 is 1.95 bits per heavy atom. The number of rotatable bonds is 5. The predicted octanol–water partition coefficient (Wildman–Crippen LogP) is -0.404. The van der Waals surface area contributed by atoms with Crippen molar-refractivity contribution in [2.75, 3.05) is 39.4 Å². The Balaban J connectivity index is 2.48. The molecule has 0 aliphatic carbocycles. The van der Waals surface area contributed by atoms with Gasteiger partial charge in [-0.3, -0.25) is 9.59 Å². The van der Waals surface area contributed by atoms with Crippen LogP contribution >= 0.6 is 0 Å². The molecule has 1 aliphatic rings. The smallest absolute Gasteiger partial charge is 0.311 e. The highest BCUT2D eigenvalue weighted by molar-refractivity contribution is 6.35. The van der Waals surface area contributed by atoms with Crippen LogP contribution in [0.4, 0.5) is 0 Å². The van der Waals surface area contributed by atoms with E-state index in [1.165, 1.54) is 0 Å². The van der Waals surface area contributed by atoms with Crippen LogP contribution < -0.4 is 10.6 Å². The van der Waals surface area contributed by atoms with Gasteiger partial charge >= 0.3 is 11.8 Å². The molecule has 1 aliphatic heterocycles. The Hall–Kier alpha value is -1.14. The van der Waals surface area contributed by atoms with E-state index in [1.807, 2.05) is 20.8 Å². The number of nitrogens with zero attached hydrogens (tertiary/aromatic N) is 1. The van der Waals surface area contributed by atoms with E-state index in [1.54, 1.807) is 4.90 Å². The van der Waals surface area contributed by atoms with Crippen LogP contribution in [0.15, 0.2) is 0 Å². The zero-order valence-corrected chi connectivity index (χ0v) is 12.1. The summed E-state index contributed by atoms with van der Waals surface area (Å²) < 4.78 is 5.33. The van der Waals surface area contributed by atoms with Crippen LogP contribution in [0.5, 0.6) is 0 Å². The molecular formula is C13H25N3O3. The third kappa shape index (κ3) is 5.16. The van der Waals surface area contributed by atoms with Gasteiger partial charge in [0.1, 0.15) is 0 Å². The van der Waals surface area contributed by atoms with Gasteiger partial charge in [0.2, 0.25) is 0 Å². The minimum atomic E-state index is -0.527. The van der Waals surface area contributed by atoms with Crippen molar-refractivity contribution in [1.29, 1.82) is 0 Å². The monoisotopic (exact) mass is 271 g/mol. The average Bonchev–Trinajstić information content (AvgIpc) is 2.43. The topological polar surface area (TPSA) is 70.7 Å². The van der Waals surface area contributed by atoms with Crippen LogP contribution in [0.25, 0.3) is 0 Å². The number of ether oxygens (including phenoxy) is 1. The predicted molar refractivity (Wildman–Crippen MR) is 72.7 cm³/mol. The van der Waals surface area contributed by atoms with Gasteiger partial charge in [-0.1, -0.05) is 13.8 Å². The summed E-state index contributed by atoms with van der Waals surface area (Å²) in [5.74, 6) is -0.740. The zero-order chi connectivity index (χ0) is 14.3. The van der Waals surface area contributed by atoms with Crippen molar-refractivity contribution in [2.24, 2.45) is 5.92 Å². The van der Waals surface area contributed by atoms with Crippen LogP contribution in [-0.2, 0) is 14.3 Å². The third-order valence-electron chi connectivity index (χ3n) is 3.22. The molecule has 0 bridgehead atoms. The molecule has 1 heterocycles. The second kappa shape index (κ2) is 8.12. The molecule has 6 heteroatoms. The van der Waals surface area contributed by atoms with Crippen molar-refractivity contribution >= 4 is 11.8 Å². The summed E-state index contributed by atoms with van der Waals surface area (Å²) in [6.45, 7) is 9.61. The van der Waals surface area contributed by atoms with E-state index in [2.05, 4.69) is 10.6 Å². The molecule has 0 aromatic carbocycles. The molecule has 0 radical (unpaired) electrons. The Labute approximate surface area is 114 Å². The Bertz CT molecular complexity index is 302. The molecule has 2 amide bonds. The third-order valence-corrected chi connectivity index (χ3v) is 3.22. The summed E-state index contributed by atoms with van der Waals surface area (Å²) >= 11 is 0. The standard InChI is InChI=1S/C13H25N3O3/c1-4-19-9-11(10(2)3)15-12(17)13(18)16-7-5-14-6-8-16/h10-11,14H,4-9H2,1-3H3,(H,15,17). The van der Waals surface area contributed by atoms with Crippen molar-refractivity contribution in [3.05, 3.63) is 0 Å². The summed E-state index contributed by atoms with van der Waals surface area (Å²) in [7, 11) is 0. The largest absolute Gasteiger partial charge is 0.380 e. The molecule has 1 atom stereocenters. The van der Waals surface area contributed by atoms with Crippen LogP contribution in [0.2, 0.25) is 0 Å². The van der Waals surface area contributed by atoms with Gasteiger partial charge in [-0.2, -0.15) is 0 Å². The lowest BCUT2D eigenvalue weighted by Gasteiger charge is -2.28. The summed E-state index contributed by atoms with van der Waals surface area (Å²) in [6, 6.07) is -0.126. The number of nitrogens with one attached hydrogen (secondary N) is 2. The van der Waals surface area contributed by atoms with E-state index in [0.717, 1.165) is 13.1 Å². The molecule has 1 saturated heterocycles. The zero-order valence-electron chi connectivity index (χ0n) is 12.1. The second-order valence-electron chi connectivity index (χ2n) is 5.03. The molecule has 1 unspecified atom stereocenters. The molecule has 0 aromatic heterocycles. The van der Waals surface area contributed by atoms with Crippen LogP contribution in [0.3, 0.4) is 0 Å². The Morgan fingerprint density at radius 1 is 1.32 bits per heavy atom. The van der Waals surface area contributed by atoms with E-state index in [0.29, 0.717) is 26.3 Å². The van der Waals surface area contributed by atoms with E-state index in [4.69, 9.17) is 4.74 Å². The molecule has 0 spiro atoms. The van der Waals surface area contributed by atoms with Crippen molar-refractivity contribution in [2.45, 2.75) is 26.8 Å². The second-order valence-corrected chi connectivity index (χ2v) is 5.03. The van der Waals surface area contributed by atoms with Gasteiger partial charge in [-0.05, 0) is 12.8 Å². The lowest BCUT2D eigenvalue weighted by Crippen LogP contribution is -2.54. The SMILES string of the molecule is CCOCC(NC(=O)C(=O)N1CCNCC1)C(C)C. The maximum Gasteiger partial charge on any atom is 0.311 e. The number of piperazine rings is 1. The van der Waals surface area contributed by atoms with Gasteiger partial charge in [0.05, 0.1) is 12.6 Å². The Morgan fingerprint density at radius 3 is 2.47 bits per heavy atom.